The van der Waals surface area contributed by atoms with Gasteiger partial charge >= 0.3 is 0 Å². The lowest BCUT2D eigenvalue weighted by atomic mass is 10.2. The number of amides is 2. The Bertz CT molecular complexity index is 473. The normalized spacial score (nSPS) is 17.4. The average Bonchev–Trinajstić information content (AvgIpc) is 2.94. The standard InChI is InChI=1S/C15H23N3O3/c1-12(13-8-11-21-16-13)17(2)14(19)7-10-18-9-5-3-4-6-15(18)20/h8,11-12H,3-7,9-10H2,1-2H3/t12-/m0/s1. The van der Waals surface area contributed by atoms with Crippen molar-refractivity contribution in [2.75, 3.05) is 20.1 Å². The van der Waals surface area contributed by atoms with E-state index in [9.17, 15) is 9.59 Å². The van der Waals surface area contributed by atoms with Crippen LogP contribution in [-0.4, -0.2) is 46.9 Å². The maximum atomic E-state index is 12.2. The van der Waals surface area contributed by atoms with Crippen LogP contribution in [0.25, 0.3) is 0 Å². The number of hydrogen-bond acceptors (Lipinski definition) is 4. The molecule has 6 nitrogen and oxygen atoms in total. The van der Waals surface area contributed by atoms with Crippen molar-refractivity contribution in [3.63, 3.8) is 0 Å². The molecule has 2 rings (SSSR count). The Morgan fingerprint density at radius 1 is 1.48 bits per heavy atom. The highest BCUT2D eigenvalue weighted by molar-refractivity contribution is 5.79. The van der Waals surface area contributed by atoms with Gasteiger partial charge in [-0.15, -0.1) is 0 Å². The summed E-state index contributed by atoms with van der Waals surface area (Å²) < 4.78 is 4.81. The number of aromatic nitrogens is 1. The molecule has 0 spiro atoms. The first-order chi connectivity index (χ1) is 10.1. The summed E-state index contributed by atoms with van der Waals surface area (Å²) in [4.78, 5) is 27.6. The highest BCUT2D eigenvalue weighted by Gasteiger charge is 2.22. The molecule has 6 heteroatoms. The second-order valence-corrected chi connectivity index (χ2v) is 5.55. The van der Waals surface area contributed by atoms with Gasteiger partial charge in [0.15, 0.2) is 0 Å². The van der Waals surface area contributed by atoms with Gasteiger partial charge in [-0.2, -0.15) is 0 Å². The third-order valence-electron chi connectivity index (χ3n) is 4.13. The Labute approximate surface area is 125 Å². The van der Waals surface area contributed by atoms with Gasteiger partial charge in [-0.05, 0) is 19.8 Å². The van der Waals surface area contributed by atoms with Crippen molar-refractivity contribution < 1.29 is 14.1 Å². The van der Waals surface area contributed by atoms with E-state index < -0.39 is 0 Å². The van der Waals surface area contributed by atoms with E-state index in [4.69, 9.17) is 4.52 Å². The molecule has 0 aromatic carbocycles. The van der Waals surface area contributed by atoms with E-state index in [1.807, 2.05) is 11.8 Å². The zero-order valence-electron chi connectivity index (χ0n) is 12.7. The van der Waals surface area contributed by atoms with Gasteiger partial charge < -0.3 is 14.3 Å². The second kappa shape index (κ2) is 7.24. The van der Waals surface area contributed by atoms with Gasteiger partial charge in [-0.1, -0.05) is 11.6 Å². The molecule has 2 amide bonds. The van der Waals surface area contributed by atoms with Crippen molar-refractivity contribution in [2.45, 2.75) is 45.1 Å². The topological polar surface area (TPSA) is 66.7 Å². The number of carbonyl (C=O) groups excluding carboxylic acids is 2. The monoisotopic (exact) mass is 293 g/mol. The fraction of sp³-hybridized carbons (Fsp3) is 0.667. The summed E-state index contributed by atoms with van der Waals surface area (Å²) in [6, 6.07) is 1.63. The average molecular weight is 293 g/mol. The first-order valence-corrected chi connectivity index (χ1v) is 7.53. The summed E-state index contributed by atoms with van der Waals surface area (Å²) in [6.07, 6.45) is 5.56. The third kappa shape index (κ3) is 4.06. The van der Waals surface area contributed by atoms with E-state index >= 15 is 0 Å². The van der Waals surface area contributed by atoms with Gasteiger partial charge in [0.05, 0.1) is 6.04 Å². The van der Waals surface area contributed by atoms with Crippen LogP contribution in [0.1, 0.15) is 50.8 Å². The molecule has 1 fully saturated rings. The van der Waals surface area contributed by atoms with Crippen LogP contribution in [-0.2, 0) is 9.59 Å². The van der Waals surface area contributed by atoms with Crippen LogP contribution >= 0.6 is 0 Å². The van der Waals surface area contributed by atoms with E-state index in [2.05, 4.69) is 5.16 Å². The molecule has 1 atom stereocenters. The van der Waals surface area contributed by atoms with E-state index in [0.717, 1.165) is 31.5 Å². The Hall–Kier alpha value is -1.85. The molecule has 1 saturated heterocycles. The van der Waals surface area contributed by atoms with E-state index in [1.54, 1.807) is 18.0 Å². The van der Waals surface area contributed by atoms with Crippen LogP contribution in [0, 0.1) is 0 Å². The first kappa shape index (κ1) is 15.5. The van der Waals surface area contributed by atoms with Crippen molar-refractivity contribution in [2.24, 2.45) is 0 Å². The van der Waals surface area contributed by atoms with E-state index in [0.29, 0.717) is 19.4 Å². The predicted octanol–water partition coefficient (Wildman–Crippen LogP) is 1.99. The minimum Gasteiger partial charge on any atom is -0.364 e. The Morgan fingerprint density at radius 3 is 3.00 bits per heavy atom. The molecule has 0 saturated carbocycles. The van der Waals surface area contributed by atoms with Crippen LogP contribution in [0.2, 0.25) is 0 Å². The fourth-order valence-corrected chi connectivity index (χ4v) is 2.53. The lowest BCUT2D eigenvalue weighted by Crippen LogP contribution is -2.36. The lowest BCUT2D eigenvalue weighted by Gasteiger charge is -2.25. The second-order valence-electron chi connectivity index (χ2n) is 5.55. The fourth-order valence-electron chi connectivity index (χ4n) is 2.53. The summed E-state index contributed by atoms with van der Waals surface area (Å²) in [6.45, 7) is 3.19. The minimum absolute atomic E-state index is 0.0162. The number of rotatable bonds is 5. The van der Waals surface area contributed by atoms with Gasteiger partial charge in [0, 0.05) is 39.0 Å². The smallest absolute Gasteiger partial charge is 0.224 e. The summed E-state index contributed by atoms with van der Waals surface area (Å²) in [5, 5.41) is 3.86. The molecule has 0 N–H and O–H groups in total. The largest absolute Gasteiger partial charge is 0.364 e. The maximum Gasteiger partial charge on any atom is 0.224 e. The molecule has 0 unspecified atom stereocenters. The van der Waals surface area contributed by atoms with Gasteiger partial charge in [0.25, 0.3) is 0 Å². The van der Waals surface area contributed by atoms with Crippen LogP contribution in [0.15, 0.2) is 16.9 Å². The molecular formula is C15H23N3O3. The van der Waals surface area contributed by atoms with Gasteiger partial charge in [-0.3, -0.25) is 9.59 Å². The number of carbonyl (C=O) groups is 2. The summed E-state index contributed by atoms with van der Waals surface area (Å²) >= 11 is 0. The molecule has 0 bridgehead atoms. The predicted molar refractivity (Wildman–Crippen MR) is 77.4 cm³/mol. The van der Waals surface area contributed by atoms with Gasteiger partial charge in [-0.25, -0.2) is 0 Å². The molecule has 1 aliphatic rings. The van der Waals surface area contributed by atoms with Crippen LogP contribution in [0.4, 0.5) is 0 Å². The number of likely N-dealkylation sites (tertiary alicyclic amines) is 1. The van der Waals surface area contributed by atoms with Crippen molar-refractivity contribution in [3.05, 3.63) is 18.0 Å². The molecule has 21 heavy (non-hydrogen) atoms. The molecule has 1 aliphatic heterocycles. The maximum absolute atomic E-state index is 12.2. The Kier molecular flexibility index (Phi) is 5.36. The zero-order chi connectivity index (χ0) is 15.2. The van der Waals surface area contributed by atoms with Gasteiger partial charge in [0.1, 0.15) is 12.0 Å². The van der Waals surface area contributed by atoms with Crippen LogP contribution in [0.5, 0.6) is 0 Å². The molecule has 0 radical (unpaired) electrons. The lowest BCUT2D eigenvalue weighted by molar-refractivity contribution is -0.134. The first-order valence-electron chi connectivity index (χ1n) is 7.53. The van der Waals surface area contributed by atoms with Crippen molar-refractivity contribution >= 4 is 11.8 Å². The molecule has 2 heterocycles. The van der Waals surface area contributed by atoms with E-state index in [1.165, 1.54) is 6.26 Å². The van der Waals surface area contributed by atoms with Crippen molar-refractivity contribution in [1.82, 2.24) is 15.0 Å². The van der Waals surface area contributed by atoms with Crippen molar-refractivity contribution in [1.29, 1.82) is 0 Å². The highest BCUT2D eigenvalue weighted by Crippen LogP contribution is 2.18. The number of nitrogens with zero attached hydrogens (tertiary/aromatic N) is 3. The zero-order valence-corrected chi connectivity index (χ0v) is 12.7. The minimum atomic E-state index is -0.129. The summed E-state index contributed by atoms with van der Waals surface area (Å²) in [7, 11) is 1.76. The van der Waals surface area contributed by atoms with Crippen molar-refractivity contribution in [3.8, 4) is 0 Å². The quantitative estimate of drug-likeness (QED) is 0.832. The molecule has 0 aliphatic carbocycles. The summed E-state index contributed by atoms with van der Waals surface area (Å²) in [5.41, 5.74) is 0.733. The van der Waals surface area contributed by atoms with Gasteiger partial charge in [0.2, 0.25) is 11.8 Å². The summed E-state index contributed by atoms with van der Waals surface area (Å²) in [5.74, 6) is 0.190. The molecular weight excluding hydrogens is 270 g/mol. The molecule has 116 valence electrons. The number of hydrogen-bond donors (Lipinski definition) is 0. The van der Waals surface area contributed by atoms with E-state index in [-0.39, 0.29) is 17.9 Å². The Balaban J connectivity index is 1.84. The SMILES string of the molecule is C[C@@H](c1ccon1)N(C)C(=O)CCN1CCCCCC1=O. The highest BCUT2D eigenvalue weighted by atomic mass is 16.5. The van der Waals surface area contributed by atoms with Crippen LogP contribution in [0.3, 0.4) is 0 Å². The molecule has 1 aromatic heterocycles. The third-order valence-corrected chi connectivity index (χ3v) is 4.13. The molecule has 1 aromatic rings. The Morgan fingerprint density at radius 2 is 2.29 bits per heavy atom. The van der Waals surface area contributed by atoms with Crippen LogP contribution < -0.4 is 0 Å².